The largest absolute Gasteiger partial charge is 0.493 e. The number of alkyl halides is 2. The van der Waals surface area contributed by atoms with Crippen LogP contribution in [0.3, 0.4) is 0 Å². The number of hydrogen-bond acceptors (Lipinski definition) is 5. The van der Waals surface area contributed by atoms with Gasteiger partial charge in [0.1, 0.15) is 0 Å². The van der Waals surface area contributed by atoms with Crippen LogP contribution in [0.15, 0.2) is 12.1 Å². The van der Waals surface area contributed by atoms with Crippen LogP contribution in [0.2, 0.25) is 0 Å². The summed E-state index contributed by atoms with van der Waals surface area (Å²) < 4.78 is 43.0. The molecule has 0 radical (unpaired) electrons. The predicted molar refractivity (Wildman–Crippen MR) is 72.3 cm³/mol. The van der Waals surface area contributed by atoms with E-state index in [-0.39, 0.29) is 6.79 Å². The number of rotatable bonds is 4. The molecule has 21 heavy (non-hydrogen) atoms. The molecule has 0 bridgehead atoms. The summed E-state index contributed by atoms with van der Waals surface area (Å²) in [6.45, 7) is 2.69. The van der Waals surface area contributed by atoms with Gasteiger partial charge in [0, 0.05) is 26.2 Å². The van der Waals surface area contributed by atoms with E-state index >= 15 is 0 Å². The summed E-state index contributed by atoms with van der Waals surface area (Å²) in [6.07, 6.45) is -2.48. The maximum absolute atomic E-state index is 13.6. The fraction of sp³-hybridized carbons (Fsp3) is 0.571. The Labute approximate surface area is 121 Å². The van der Waals surface area contributed by atoms with E-state index in [1.54, 1.807) is 17.0 Å². The number of nitrogens with zero attached hydrogens (tertiary/aromatic N) is 1. The molecule has 1 fully saturated rings. The fourth-order valence-corrected chi connectivity index (χ4v) is 2.80. The first-order valence-corrected chi connectivity index (χ1v) is 6.91. The third-order valence-corrected chi connectivity index (χ3v) is 3.81. The van der Waals surface area contributed by atoms with E-state index < -0.39 is 12.5 Å². The van der Waals surface area contributed by atoms with E-state index in [0.29, 0.717) is 49.0 Å². The van der Waals surface area contributed by atoms with E-state index in [9.17, 15) is 8.78 Å². The maximum Gasteiger partial charge on any atom is 0.258 e. The molecule has 116 valence electrons. The lowest BCUT2D eigenvalue weighted by Crippen LogP contribution is -2.46. The van der Waals surface area contributed by atoms with Crippen LogP contribution in [0.5, 0.6) is 17.2 Å². The minimum absolute atomic E-state index is 0.0854. The van der Waals surface area contributed by atoms with Crippen LogP contribution < -0.4 is 19.5 Å². The second kappa shape index (κ2) is 6.03. The number of fused-ring (bicyclic) bond motifs is 1. The molecule has 5 nitrogen and oxygen atoms in total. The molecule has 2 aliphatic heterocycles. The first-order chi connectivity index (χ1) is 10.2. The molecular formula is C14H18F2N2O3. The zero-order valence-corrected chi connectivity index (χ0v) is 11.8. The number of hydrogen-bond donors (Lipinski definition) is 1. The van der Waals surface area contributed by atoms with Gasteiger partial charge in [0.25, 0.3) is 6.43 Å². The van der Waals surface area contributed by atoms with Crippen molar-refractivity contribution in [3.8, 4) is 17.2 Å². The molecule has 0 aliphatic carbocycles. The quantitative estimate of drug-likeness (QED) is 0.915. The summed E-state index contributed by atoms with van der Waals surface area (Å²) in [4.78, 5) is 1.79. The van der Waals surface area contributed by atoms with Crippen molar-refractivity contribution >= 4 is 0 Å². The monoisotopic (exact) mass is 300 g/mol. The SMILES string of the molecule is COc1cc([C@H](C(F)F)N2CCNCC2)cc2c1OCO2. The third-order valence-electron chi connectivity index (χ3n) is 3.81. The molecule has 1 atom stereocenters. The van der Waals surface area contributed by atoms with Gasteiger partial charge in [0.05, 0.1) is 13.2 Å². The van der Waals surface area contributed by atoms with E-state index in [2.05, 4.69) is 5.32 Å². The number of benzene rings is 1. The van der Waals surface area contributed by atoms with Crippen LogP contribution in [0.1, 0.15) is 11.6 Å². The van der Waals surface area contributed by atoms with Gasteiger partial charge in [0.2, 0.25) is 12.5 Å². The zero-order chi connectivity index (χ0) is 14.8. The summed E-state index contributed by atoms with van der Waals surface area (Å²) in [5.74, 6) is 1.38. The lowest BCUT2D eigenvalue weighted by atomic mass is 10.0. The topological polar surface area (TPSA) is 43.0 Å². The molecule has 1 aromatic carbocycles. The minimum atomic E-state index is -2.48. The first-order valence-electron chi connectivity index (χ1n) is 6.91. The highest BCUT2D eigenvalue weighted by molar-refractivity contribution is 5.55. The highest BCUT2D eigenvalue weighted by atomic mass is 19.3. The second-order valence-corrected chi connectivity index (χ2v) is 5.02. The molecule has 1 saturated heterocycles. The van der Waals surface area contributed by atoms with Crippen molar-refractivity contribution in [2.75, 3.05) is 40.1 Å². The van der Waals surface area contributed by atoms with Crippen molar-refractivity contribution in [1.82, 2.24) is 10.2 Å². The summed E-state index contributed by atoms with van der Waals surface area (Å²) in [5, 5.41) is 3.17. The summed E-state index contributed by atoms with van der Waals surface area (Å²) in [7, 11) is 1.49. The second-order valence-electron chi connectivity index (χ2n) is 5.02. The van der Waals surface area contributed by atoms with Crippen molar-refractivity contribution in [2.45, 2.75) is 12.5 Å². The van der Waals surface area contributed by atoms with Crippen LogP contribution >= 0.6 is 0 Å². The molecule has 7 heteroatoms. The van der Waals surface area contributed by atoms with Crippen LogP contribution in [0, 0.1) is 0 Å². The van der Waals surface area contributed by atoms with E-state index in [1.165, 1.54) is 7.11 Å². The Morgan fingerprint density at radius 3 is 2.67 bits per heavy atom. The van der Waals surface area contributed by atoms with E-state index in [0.717, 1.165) is 0 Å². The molecular weight excluding hydrogens is 282 g/mol. The van der Waals surface area contributed by atoms with Crippen LogP contribution in [0.4, 0.5) is 8.78 Å². The number of nitrogens with one attached hydrogen (secondary N) is 1. The number of methoxy groups -OCH3 is 1. The molecule has 2 aliphatic rings. The van der Waals surface area contributed by atoms with Gasteiger partial charge in [-0.2, -0.15) is 0 Å². The Hall–Kier alpha value is -1.60. The Bertz CT molecular complexity index is 507. The Morgan fingerprint density at radius 2 is 2.00 bits per heavy atom. The van der Waals surface area contributed by atoms with Crippen molar-refractivity contribution in [3.63, 3.8) is 0 Å². The van der Waals surface area contributed by atoms with Gasteiger partial charge in [0.15, 0.2) is 11.5 Å². The van der Waals surface area contributed by atoms with Gasteiger partial charge in [-0.05, 0) is 17.7 Å². The minimum Gasteiger partial charge on any atom is -0.493 e. The molecule has 2 heterocycles. The average Bonchev–Trinajstić information content (AvgIpc) is 2.95. The number of ether oxygens (including phenoxy) is 3. The number of piperazine rings is 1. The molecule has 3 rings (SSSR count). The smallest absolute Gasteiger partial charge is 0.258 e. The highest BCUT2D eigenvalue weighted by Crippen LogP contribution is 2.44. The van der Waals surface area contributed by atoms with Crippen LogP contribution in [-0.4, -0.2) is 51.4 Å². The Balaban J connectivity index is 1.95. The lowest BCUT2D eigenvalue weighted by molar-refractivity contribution is 0.0180. The highest BCUT2D eigenvalue weighted by Gasteiger charge is 2.32. The van der Waals surface area contributed by atoms with Crippen molar-refractivity contribution in [2.24, 2.45) is 0 Å². The van der Waals surface area contributed by atoms with Crippen LogP contribution in [-0.2, 0) is 0 Å². The summed E-state index contributed by atoms with van der Waals surface area (Å²) in [5.41, 5.74) is 0.494. The Kier molecular flexibility index (Phi) is 4.12. The van der Waals surface area contributed by atoms with E-state index in [1.807, 2.05) is 0 Å². The standard InChI is InChI=1S/C14H18F2N2O3/c1-19-10-6-9(7-11-13(10)21-8-20-11)12(14(15)16)18-4-2-17-3-5-18/h6-7,12,14,17H,2-5,8H2,1H3/t12-/m1/s1. The van der Waals surface area contributed by atoms with Gasteiger partial charge < -0.3 is 19.5 Å². The normalized spacial score (nSPS) is 19.8. The summed E-state index contributed by atoms with van der Waals surface area (Å²) >= 11 is 0. The molecule has 1 N–H and O–H groups in total. The third kappa shape index (κ3) is 2.75. The lowest BCUT2D eigenvalue weighted by Gasteiger charge is -2.34. The van der Waals surface area contributed by atoms with Gasteiger partial charge in [-0.1, -0.05) is 0 Å². The average molecular weight is 300 g/mol. The summed E-state index contributed by atoms with van der Waals surface area (Å²) in [6, 6.07) is 2.28. The molecule has 1 aromatic rings. The molecule has 0 aromatic heterocycles. The Morgan fingerprint density at radius 1 is 1.24 bits per heavy atom. The van der Waals surface area contributed by atoms with Gasteiger partial charge in [-0.3, -0.25) is 4.90 Å². The van der Waals surface area contributed by atoms with Gasteiger partial charge >= 0.3 is 0 Å². The zero-order valence-electron chi connectivity index (χ0n) is 11.8. The van der Waals surface area contributed by atoms with Crippen molar-refractivity contribution < 1.29 is 23.0 Å². The van der Waals surface area contributed by atoms with Gasteiger partial charge in [-0.15, -0.1) is 0 Å². The maximum atomic E-state index is 13.6. The van der Waals surface area contributed by atoms with Crippen LogP contribution in [0.25, 0.3) is 0 Å². The van der Waals surface area contributed by atoms with Gasteiger partial charge in [-0.25, -0.2) is 8.78 Å². The fourth-order valence-electron chi connectivity index (χ4n) is 2.80. The van der Waals surface area contributed by atoms with E-state index in [4.69, 9.17) is 14.2 Å². The predicted octanol–water partition coefficient (Wildman–Crippen LogP) is 1.64. The molecule has 0 amide bonds. The van der Waals surface area contributed by atoms with Crippen molar-refractivity contribution in [1.29, 1.82) is 0 Å². The molecule has 0 saturated carbocycles. The first kappa shape index (κ1) is 14.3. The molecule has 0 spiro atoms. The number of halogens is 2. The van der Waals surface area contributed by atoms with Crippen molar-refractivity contribution in [3.05, 3.63) is 17.7 Å². The molecule has 0 unspecified atom stereocenters.